The van der Waals surface area contributed by atoms with Gasteiger partial charge in [-0.25, -0.2) is 0 Å². The molecule has 0 bridgehead atoms. The topological polar surface area (TPSA) is 66.4 Å². The molecule has 0 rings (SSSR count). The van der Waals surface area contributed by atoms with Crippen molar-refractivity contribution in [2.45, 2.75) is 26.4 Å². The summed E-state index contributed by atoms with van der Waals surface area (Å²) in [5, 5.41) is 8.50. The average Bonchev–Trinajstić information content (AvgIpc) is 2.47. The van der Waals surface area contributed by atoms with E-state index < -0.39 is 0 Å². The number of ether oxygens (including phenoxy) is 5. The lowest BCUT2D eigenvalue weighted by molar-refractivity contribution is -0.0983. The molecule has 0 aromatic heterocycles. The summed E-state index contributed by atoms with van der Waals surface area (Å²) in [6, 6.07) is 0. The lowest BCUT2D eigenvalue weighted by Gasteiger charge is -2.31. The zero-order chi connectivity index (χ0) is 16.0. The fourth-order valence-corrected chi connectivity index (χ4v) is 1.46. The maximum absolute atomic E-state index is 8.50. The molecule has 0 spiro atoms. The van der Waals surface area contributed by atoms with Gasteiger partial charge in [-0.1, -0.05) is 13.8 Å². The van der Waals surface area contributed by atoms with Crippen LogP contribution in [-0.2, 0) is 23.7 Å². The van der Waals surface area contributed by atoms with E-state index >= 15 is 0 Å². The van der Waals surface area contributed by atoms with Crippen molar-refractivity contribution < 1.29 is 28.8 Å². The lowest BCUT2D eigenvalue weighted by Crippen LogP contribution is -2.39. The van der Waals surface area contributed by atoms with E-state index in [1.807, 2.05) is 6.92 Å². The minimum atomic E-state index is -0.252. The summed E-state index contributed by atoms with van der Waals surface area (Å²) in [5.41, 5.74) is -0.252. The van der Waals surface area contributed by atoms with Gasteiger partial charge in [-0.05, 0) is 12.8 Å². The van der Waals surface area contributed by atoms with E-state index in [2.05, 4.69) is 13.8 Å². The van der Waals surface area contributed by atoms with Crippen molar-refractivity contribution in [3.63, 3.8) is 0 Å². The van der Waals surface area contributed by atoms with Crippen LogP contribution >= 0.6 is 0 Å². The second-order valence-corrected chi connectivity index (χ2v) is 5.28. The van der Waals surface area contributed by atoms with Crippen LogP contribution < -0.4 is 0 Å². The smallest absolute Gasteiger partial charge is 0.0905 e. The molecular formula is C15H32O6. The number of aliphatic hydroxyl groups is 1. The number of hydrogen-bond acceptors (Lipinski definition) is 6. The highest BCUT2D eigenvalue weighted by Crippen LogP contribution is 2.20. The zero-order valence-electron chi connectivity index (χ0n) is 13.9. The minimum Gasteiger partial charge on any atom is -0.394 e. The molecule has 0 aliphatic heterocycles. The summed E-state index contributed by atoms with van der Waals surface area (Å²) in [5.74, 6) is 0.393. The van der Waals surface area contributed by atoms with Gasteiger partial charge < -0.3 is 28.8 Å². The van der Waals surface area contributed by atoms with Gasteiger partial charge in [0.1, 0.15) is 0 Å². The standard InChI is InChI=1S/C15H32O6/c1-14(2)15(3,17-4)13-21-12-11-20-10-9-19-8-7-18-6-5-16/h14,16H,5-13H2,1-4H3. The van der Waals surface area contributed by atoms with Crippen LogP contribution in [0.1, 0.15) is 20.8 Å². The van der Waals surface area contributed by atoms with Crippen LogP contribution in [0.4, 0.5) is 0 Å². The average molecular weight is 308 g/mol. The maximum atomic E-state index is 8.50. The number of hydrogen-bond donors (Lipinski definition) is 1. The first kappa shape index (κ1) is 20.8. The zero-order valence-corrected chi connectivity index (χ0v) is 13.9. The molecular weight excluding hydrogens is 276 g/mol. The molecule has 0 fully saturated rings. The molecule has 0 saturated carbocycles. The molecule has 6 nitrogen and oxygen atoms in total. The third-order valence-corrected chi connectivity index (χ3v) is 3.43. The van der Waals surface area contributed by atoms with Crippen molar-refractivity contribution >= 4 is 0 Å². The highest BCUT2D eigenvalue weighted by Gasteiger charge is 2.27. The van der Waals surface area contributed by atoms with Crippen molar-refractivity contribution in [2.75, 3.05) is 66.6 Å². The van der Waals surface area contributed by atoms with Gasteiger partial charge in [0, 0.05) is 7.11 Å². The third kappa shape index (κ3) is 11.0. The van der Waals surface area contributed by atoms with E-state index in [1.54, 1.807) is 7.11 Å². The normalized spacial score (nSPS) is 14.6. The van der Waals surface area contributed by atoms with E-state index in [0.717, 1.165) is 0 Å². The van der Waals surface area contributed by atoms with E-state index in [4.69, 9.17) is 28.8 Å². The van der Waals surface area contributed by atoms with Gasteiger partial charge in [0.15, 0.2) is 0 Å². The van der Waals surface area contributed by atoms with Gasteiger partial charge in [-0.3, -0.25) is 0 Å². The Kier molecular flexibility index (Phi) is 13.3. The monoisotopic (exact) mass is 308 g/mol. The summed E-state index contributed by atoms with van der Waals surface area (Å²) in [6.07, 6.45) is 0. The first-order chi connectivity index (χ1) is 10.1. The van der Waals surface area contributed by atoms with Crippen molar-refractivity contribution in [3.05, 3.63) is 0 Å². The van der Waals surface area contributed by atoms with E-state index in [0.29, 0.717) is 58.8 Å². The molecule has 0 aliphatic carbocycles. The number of methoxy groups -OCH3 is 1. The van der Waals surface area contributed by atoms with Crippen molar-refractivity contribution in [3.8, 4) is 0 Å². The summed E-state index contributed by atoms with van der Waals surface area (Å²) in [4.78, 5) is 0. The van der Waals surface area contributed by atoms with Crippen molar-refractivity contribution in [2.24, 2.45) is 5.92 Å². The van der Waals surface area contributed by atoms with Crippen LogP contribution in [0, 0.1) is 5.92 Å². The molecule has 1 unspecified atom stereocenters. The van der Waals surface area contributed by atoms with Gasteiger partial charge >= 0.3 is 0 Å². The van der Waals surface area contributed by atoms with Crippen LogP contribution in [-0.4, -0.2) is 77.3 Å². The Morgan fingerprint density at radius 1 is 0.810 bits per heavy atom. The first-order valence-corrected chi connectivity index (χ1v) is 7.53. The molecule has 128 valence electrons. The molecule has 0 heterocycles. The van der Waals surface area contributed by atoms with E-state index in [-0.39, 0.29) is 12.2 Å². The lowest BCUT2D eigenvalue weighted by atomic mass is 9.93. The van der Waals surface area contributed by atoms with Crippen LogP contribution in [0.2, 0.25) is 0 Å². The van der Waals surface area contributed by atoms with E-state index in [9.17, 15) is 0 Å². The Labute approximate surface area is 128 Å². The molecule has 21 heavy (non-hydrogen) atoms. The summed E-state index contributed by atoms with van der Waals surface area (Å²) >= 11 is 0. The Bertz CT molecular complexity index is 224. The second-order valence-electron chi connectivity index (χ2n) is 5.28. The highest BCUT2D eigenvalue weighted by atomic mass is 16.6. The van der Waals surface area contributed by atoms with Crippen LogP contribution in [0.5, 0.6) is 0 Å². The summed E-state index contributed by atoms with van der Waals surface area (Å²) in [6.45, 7) is 10.4. The third-order valence-electron chi connectivity index (χ3n) is 3.43. The second kappa shape index (κ2) is 13.4. The Morgan fingerprint density at radius 3 is 1.62 bits per heavy atom. The SMILES string of the molecule is COC(C)(COCCOCCOCCOCCO)C(C)C. The Hall–Kier alpha value is -0.240. The van der Waals surface area contributed by atoms with Gasteiger partial charge in [-0.2, -0.15) is 0 Å². The van der Waals surface area contributed by atoms with Crippen LogP contribution in [0.25, 0.3) is 0 Å². The van der Waals surface area contributed by atoms with Crippen LogP contribution in [0.15, 0.2) is 0 Å². The van der Waals surface area contributed by atoms with Crippen LogP contribution in [0.3, 0.4) is 0 Å². The summed E-state index contributed by atoms with van der Waals surface area (Å²) < 4.78 is 26.8. The number of rotatable bonds is 15. The largest absolute Gasteiger partial charge is 0.394 e. The molecule has 6 heteroatoms. The number of aliphatic hydroxyl groups excluding tert-OH is 1. The molecule has 0 radical (unpaired) electrons. The predicted molar refractivity (Wildman–Crippen MR) is 80.6 cm³/mol. The maximum Gasteiger partial charge on any atom is 0.0905 e. The molecule has 0 amide bonds. The molecule has 0 saturated heterocycles. The predicted octanol–water partition coefficient (Wildman–Crippen LogP) is 1.11. The fraction of sp³-hybridized carbons (Fsp3) is 1.00. The summed E-state index contributed by atoms with van der Waals surface area (Å²) in [7, 11) is 1.71. The molecule has 0 aliphatic rings. The van der Waals surface area contributed by atoms with Gasteiger partial charge in [-0.15, -0.1) is 0 Å². The Morgan fingerprint density at radius 2 is 1.24 bits per heavy atom. The first-order valence-electron chi connectivity index (χ1n) is 7.53. The molecule has 0 aromatic carbocycles. The fourth-order valence-electron chi connectivity index (χ4n) is 1.46. The van der Waals surface area contributed by atoms with Gasteiger partial charge in [0.2, 0.25) is 0 Å². The molecule has 1 N–H and O–H groups in total. The minimum absolute atomic E-state index is 0.0437. The quantitative estimate of drug-likeness (QED) is 0.457. The highest BCUT2D eigenvalue weighted by molar-refractivity contribution is 4.77. The van der Waals surface area contributed by atoms with E-state index in [1.165, 1.54) is 0 Å². The van der Waals surface area contributed by atoms with Gasteiger partial charge in [0.05, 0.1) is 65.1 Å². The Balaban J connectivity index is 3.29. The molecule has 1 atom stereocenters. The van der Waals surface area contributed by atoms with Crippen molar-refractivity contribution in [1.29, 1.82) is 0 Å². The molecule has 0 aromatic rings. The van der Waals surface area contributed by atoms with Crippen molar-refractivity contribution in [1.82, 2.24) is 0 Å². The van der Waals surface area contributed by atoms with Gasteiger partial charge in [0.25, 0.3) is 0 Å².